The molecule has 7 rings (SSSR count). The van der Waals surface area contributed by atoms with Gasteiger partial charge in [-0.15, -0.1) is 12.4 Å². The molecule has 1 saturated heterocycles. The third-order valence-electron chi connectivity index (χ3n) is 8.03. The molecule has 188 valence electrons. The summed E-state index contributed by atoms with van der Waals surface area (Å²) in [6.45, 7) is 3.59. The molecule has 10 heteroatoms. The maximum atomic E-state index is 15.5. The molecule has 0 saturated carbocycles. The van der Waals surface area contributed by atoms with Crippen molar-refractivity contribution in [3.05, 3.63) is 77.9 Å². The number of benzene rings is 1. The fraction of sp³-hybridized carbons (Fsp3) is 0.296. The van der Waals surface area contributed by atoms with Gasteiger partial charge in [0.05, 0.1) is 23.1 Å². The average Bonchev–Trinajstić information content (AvgIpc) is 3.49. The normalized spacial score (nSPS) is 18.4. The molecule has 0 unspecified atom stereocenters. The van der Waals surface area contributed by atoms with E-state index in [0.717, 1.165) is 49.4 Å². The van der Waals surface area contributed by atoms with Crippen molar-refractivity contribution < 1.29 is 4.39 Å². The second-order valence-electron chi connectivity index (χ2n) is 9.89. The van der Waals surface area contributed by atoms with Crippen LogP contribution in [0.15, 0.2) is 55.1 Å². The van der Waals surface area contributed by atoms with Crippen LogP contribution in [0.2, 0.25) is 0 Å². The van der Waals surface area contributed by atoms with E-state index in [1.54, 1.807) is 29.0 Å². The van der Waals surface area contributed by atoms with Crippen molar-refractivity contribution in [2.75, 3.05) is 18.0 Å². The summed E-state index contributed by atoms with van der Waals surface area (Å²) < 4.78 is 17.3. The second-order valence-corrected chi connectivity index (χ2v) is 9.89. The summed E-state index contributed by atoms with van der Waals surface area (Å²) in [4.78, 5) is 20.3. The molecule has 1 aliphatic heterocycles. The Bertz CT molecular complexity index is 1640. The van der Waals surface area contributed by atoms with Gasteiger partial charge in [0.2, 0.25) is 0 Å². The molecule has 2 aliphatic rings. The standard InChI is InChI=1S/C27H25FN8.ClH/c1-16-24(18-4-5-19-23(22(18)28)32-12-11-31-19)36-21(6-10-33-36)26(34-16)35-13-7-27(8-14-35)15-20-17(25(27)29)3-2-9-30-20;/h2-6,9-12,25H,7-8,13-15,29H2,1H3;1H/t25-;/m1./s1. The number of aryl methyl sites for hydroxylation is 1. The largest absolute Gasteiger partial charge is 0.355 e. The Morgan fingerprint density at radius 2 is 1.81 bits per heavy atom. The summed E-state index contributed by atoms with van der Waals surface area (Å²) in [7, 11) is 0. The first-order valence-corrected chi connectivity index (χ1v) is 12.2. The molecule has 1 atom stereocenters. The molecule has 37 heavy (non-hydrogen) atoms. The zero-order valence-corrected chi connectivity index (χ0v) is 21.1. The predicted octanol–water partition coefficient (Wildman–Crippen LogP) is 4.45. The maximum absolute atomic E-state index is 15.5. The van der Waals surface area contributed by atoms with Gasteiger partial charge in [-0.1, -0.05) is 6.07 Å². The fourth-order valence-corrected chi connectivity index (χ4v) is 6.11. The first-order valence-electron chi connectivity index (χ1n) is 12.2. The number of anilines is 1. The van der Waals surface area contributed by atoms with Gasteiger partial charge in [0.1, 0.15) is 11.0 Å². The lowest BCUT2D eigenvalue weighted by Gasteiger charge is -2.42. The average molecular weight is 517 g/mol. The molecule has 0 amide bonds. The van der Waals surface area contributed by atoms with Crippen LogP contribution in [0.5, 0.6) is 0 Å². The Morgan fingerprint density at radius 3 is 2.62 bits per heavy atom. The first kappa shape index (κ1) is 23.7. The number of fused-ring (bicyclic) bond motifs is 3. The van der Waals surface area contributed by atoms with E-state index in [-0.39, 0.29) is 29.4 Å². The molecule has 1 aromatic carbocycles. The van der Waals surface area contributed by atoms with E-state index in [2.05, 4.69) is 31.0 Å². The number of nitrogens with zero attached hydrogens (tertiary/aromatic N) is 7. The number of rotatable bonds is 2. The number of pyridine rings is 1. The van der Waals surface area contributed by atoms with Crippen LogP contribution in [-0.2, 0) is 6.42 Å². The van der Waals surface area contributed by atoms with Gasteiger partial charge in [0.15, 0.2) is 11.6 Å². The van der Waals surface area contributed by atoms with E-state index in [0.29, 0.717) is 22.5 Å². The molecular weight excluding hydrogens is 491 g/mol. The van der Waals surface area contributed by atoms with Gasteiger partial charge < -0.3 is 10.6 Å². The van der Waals surface area contributed by atoms with Crippen LogP contribution in [0.1, 0.15) is 35.8 Å². The van der Waals surface area contributed by atoms with Crippen LogP contribution in [0, 0.1) is 18.2 Å². The molecule has 2 N–H and O–H groups in total. The zero-order chi connectivity index (χ0) is 24.4. The van der Waals surface area contributed by atoms with E-state index in [9.17, 15) is 0 Å². The third-order valence-corrected chi connectivity index (χ3v) is 8.03. The smallest absolute Gasteiger partial charge is 0.160 e. The van der Waals surface area contributed by atoms with Crippen molar-refractivity contribution in [2.45, 2.75) is 32.2 Å². The highest BCUT2D eigenvalue weighted by Crippen LogP contribution is 2.50. The molecule has 4 aromatic heterocycles. The van der Waals surface area contributed by atoms with Gasteiger partial charge in [-0.2, -0.15) is 5.10 Å². The summed E-state index contributed by atoms with van der Waals surface area (Å²) in [6, 6.07) is 9.55. The van der Waals surface area contributed by atoms with Crippen LogP contribution < -0.4 is 10.6 Å². The molecule has 5 aromatic rings. The van der Waals surface area contributed by atoms with Gasteiger partial charge in [0, 0.05) is 49.0 Å². The SMILES string of the molecule is Cc1nc(N2CCC3(CC2)Cc2ncccc2[C@H]3N)c2ccnn2c1-c1ccc2nccnc2c1F.Cl. The molecule has 1 spiro atoms. The van der Waals surface area contributed by atoms with Crippen molar-refractivity contribution in [1.82, 2.24) is 29.5 Å². The van der Waals surface area contributed by atoms with E-state index < -0.39 is 5.82 Å². The molecule has 1 fully saturated rings. The lowest BCUT2D eigenvalue weighted by atomic mass is 9.73. The van der Waals surface area contributed by atoms with Gasteiger partial charge in [-0.05, 0) is 61.4 Å². The van der Waals surface area contributed by atoms with Crippen molar-refractivity contribution in [3.63, 3.8) is 0 Å². The number of hydrogen-bond donors (Lipinski definition) is 1. The van der Waals surface area contributed by atoms with Crippen molar-refractivity contribution in [1.29, 1.82) is 0 Å². The van der Waals surface area contributed by atoms with E-state index in [4.69, 9.17) is 10.7 Å². The minimum Gasteiger partial charge on any atom is -0.355 e. The Hall–Kier alpha value is -3.69. The predicted molar refractivity (Wildman–Crippen MR) is 142 cm³/mol. The van der Waals surface area contributed by atoms with Crippen LogP contribution >= 0.6 is 12.4 Å². The number of aromatic nitrogens is 6. The molecular formula is C27H26ClFN8. The highest BCUT2D eigenvalue weighted by atomic mass is 35.5. The Kier molecular flexibility index (Phi) is 5.58. The van der Waals surface area contributed by atoms with Crippen molar-refractivity contribution >= 4 is 34.8 Å². The number of halogens is 2. The Labute approximate surface area is 219 Å². The van der Waals surface area contributed by atoms with E-state index >= 15 is 4.39 Å². The zero-order valence-electron chi connectivity index (χ0n) is 20.3. The van der Waals surface area contributed by atoms with Crippen LogP contribution in [0.25, 0.3) is 27.8 Å². The third kappa shape index (κ3) is 3.48. The fourth-order valence-electron chi connectivity index (χ4n) is 6.11. The summed E-state index contributed by atoms with van der Waals surface area (Å²) in [6.07, 6.45) is 9.51. The molecule has 0 radical (unpaired) electrons. The summed E-state index contributed by atoms with van der Waals surface area (Å²) in [5.41, 5.74) is 12.4. The van der Waals surface area contributed by atoms with Gasteiger partial charge in [0.25, 0.3) is 0 Å². The van der Waals surface area contributed by atoms with Crippen LogP contribution in [0.3, 0.4) is 0 Å². The highest BCUT2D eigenvalue weighted by Gasteiger charge is 2.46. The molecule has 1 aliphatic carbocycles. The first-order chi connectivity index (χ1) is 17.6. The summed E-state index contributed by atoms with van der Waals surface area (Å²) >= 11 is 0. The monoisotopic (exact) mass is 516 g/mol. The summed E-state index contributed by atoms with van der Waals surface area (Å²) in [5, 5.41) is 4.56. The second kappa shape index (κ2) is 8.71. The Balaban J connectivity index is 0.00000252. The van der Waals surface area contributed by atoms with E-state index in [1.807, 2.05) is 25.3 Å². The lowest BCUT2D eigenvalue weighted by Crippen LogP contribution is -2.44. The number of piperidine rings is 1. The summed E-state index contributed by atoms with van der Waals surface area (Å²) in [5.74, 6) is 0.449. The Morgan fingerprint density at radius 1 is 1.00 bits per heavy atom. The minimum absolute atomic E-state index is 0. The van der Waals surface area contributed by atoms with Crippen molar-refractivity contribution in [3.8, 4) is 11.3 Å². The number of nitrogens with two attached hydrogens (primary N) is 1. The molecule has 5 heterocycles. The van der Waals surface area contributed by atoms with Gasteiger partial charge in [-0.25, -0.2) is 18.9 Å². The van der Waals surface area contributed by atoms with Crippen LogP contribution in [0.4, 0.5) is 10.2 Å². The quantitative estimate of drug-likeness (QED) is 0.370. The number of hydrogen-bond acceptors (Lipinski definition) is 7. The molecule has 0 bridgehead atoms. The van der Waals surface area contributed by atoms with Gasteiger partial charge in [-0.3, -0.25) is 9.97 Å². The van der Waals surface area contributed by atoms with E-state index in [1.165, 1.54) is 11.8 Å². The minimum atomic E-state index is -0.418. The van der Waals surface area contributed by atoms with Crippen LogP contribution in [-0.4, -0.2) is 42.6 Å². The lowest BCUT2D eigenvalue weighted by molar-refractivity contribution is 0.187. The topological polar surface area (TPSA) is 98.1 Å². The van der Waals surface area contributed by atoms with Gasteiger partial charge >= 0.3 is 0 Å². The molecule has 8 nitrogen and oxygen atoms in total. The highest BCUT2D eigenvalue weighted by molar-refractivity contribution is 5.85. The van der Waals surface area contributed by atoms with Crippen molar-refractivity contribution in [2.24, 2.45) is 11.1 Å². The maximum Gasteiger partial charge on any atom is 0.160 e.